The molecule has 1 amide bonds. The fourth-order valence-electron chi connectivity index (χ4n) is 2.05. The molecular formula is C16H16ClFN2O. The second-order valence-electron chi connectivity index (χ2n) is 4.63. The molecule has 3 nitrogen and oxygen atoms in total. The molecule has 0 atom stereocenters. The molecule has 110 valence electrons. The summed E-state index contributed by atoms with van der Waals surface area (Å²) in [7, 11) is 0. The van der Waals surface area contributed by atoms with Gasteiger partial charge in [-0.3, -0.25) is 4.79 Å². The predicted octanol–water partition coefficient (Wildman–Crippen LogP) is 3.08. The zero-order valence-corrected chi connectivity index (χ0v) is 12.2. The standard InChI is InChI=1S/C16H16ClFN2O/c17-15-10-13(18)6-7-14(15)16(21)20(9-8-19)11-12-4-2-1-3-5-12/h1-7,10H,8-9,11,19H2. The molecule has 5 heteroatoms. The third-order valence-corrected chi connectivity index (χ3v) is 3.38. The maximum atomic E-state index is 13.1. The van der Waals surface area contributed by atoms with Crippen molar-refractivity contribution in [1.29, 1.82) is 0 Å². The zero-order valence-electron chi connectivity index (χ0n) is 11.4. The van der Waals surface area contributed by atoms with E-state index in [2.05, 4.69) is 0 Å². The van der Waals surface area contributed by atoms with Crippen molar-refractivity contribution in [1.82, 2.24) is 4.90 Å². The van der Waals surface area contributed by atoms with Crippen LogP contribution in [0.5, 0.6) is 0 Å². The molecule has 2 aromatic carbocycles. The summed E-state index contributed by atoms with van der Waals surface area (Å²) in [5.74, 6) is -0.723. The van der Waals surface area contributed by atoms with E-state index in [1.807, 2.05) is 30.3 Å². The van der Waals surface area contributed by atoms with Crippen molar-refractivity contribution in [3.63, 3.8) is 0 Å². The van der Waals surface area contributed by atoms with E-state index in [-0.39, 0.29) is 16.5 Å². The van der Waals surface area contributed by atoms with Crippen LogP contribution >= 0.6 is 11.6 Å². The van der Waals surface area contributed by atoms with Gasteiger partial charge in [0, 0.05) is 19.6 Å². The van der Waals surface area contributed by atoms with E-state index < -0.39 is 5.82 Å². The van der Waals surface area contributed by atoms with E-state index in [9.17, 15) is 9.18 Å². The average molecular weight is 307 g/mol. The highest BCUT2D eigenvalue weighted by Gasteiger charge is 2.18. The van der Waals surface area contributed by atoms with Crippen LogP contribution in [0.4, 0.5) is 4.39 Å². The Morgan fingerprint density at radius 3 is 2.52 bits per heavy atom. The van der Waals surface area contributed by atoms with E-state index in [4.69, 9.17) is 17.3 Å². The Labute approximate surface area is 128 Å². The number of rotatable bonds is 5. The molecule has 0 aliphatic carbocycles. The van der Waals surface area contributed by atoms with Gasteiger partial charge in [-0.1, -0.05) is 41.9 Å². The normalized spacial score (nSPS) is 10.4. The summed E-state index contributed by atoms with van der Waals surface area (Å²) < 4.78 is 13.1. The Bertz CT molecular complexity index is 619. The van der Waals surface area contributed by atoms with Crippen molar-refractivity contribution >= 4 is 17.5 Å². The van der Waals surface area contributed by atoms with Crippen LogP contribution in [0, 0.1) is 5.82 Å². The molecule has 2 rings (SSSR count). The number of benzene rings is 2. The maximum absolute atomic E-state index is 13.1. The number of hydrogen-bond acceptors (Lipinski definition) is 2. The first kappa shape index (κ1) is 15.5. The van der Waals surface area contributed by atoms with Gasteiger partial charge in [0.2, 0.25) is 0 Å². The van der Waals surface area contributed by atoms with Crippen LogP contribution in [0.25, 0.3) is 0 Å². The minimum absolute atomic E-state index is 0.107. The topological polar surface area (TPSA) is 46.3 Å². The van der Waals surface area contributed by atoms with Crippen molar-refractivity contribution in [3.05, 3.63) is 70.5 Å². The molecule has 0 aliphatic heterocycles. The number of amides is 1. The number of nitrogens with zero attached hydrogens (tertiary/aromatic N) is 1. The predicted molar refractivity (Wildman–Crippen MR) is 81.6 cm³/mol. The zero-order chi connectivity index (χ0) is 15.2. The van der Waals surface area contributed by atoms with Gasteiger partial charge in [-0.25, -0.2) is 4.39 Å². The number of nitrogens with two attached hydrogens (primary N) is 1. The van der Waals surface area contributed by atoms with Crippen LogP contribution in [0.2, 0.25) is 5.02 Å². The Hall–Kier alpha value is -1.91. The highest BCUT2D eigenvalue weighted by atomic mass is 35.5. The Morgan fingerprint density at radius 1 is 1.19 bits per heavy atom. The van der Waals surface area contributed by atoms with Crippen molar-refractivity contribution in [3.8, 4) is 0 Å². The summed E-state index contributed by atoms with van der Waals surface area (Å²) in [5, 5.41) is 0.107. The fourth-order valence-corrected chi connectivity index (χ4v) is 2.29. The third kappa shape index (κ3) is 4.03. The summed E-state index contributed by atoms with van der Waals surface area (Å²) in [6.07, 6.45) is 0. The van der Waals surface area contributed by atoms with E-state index in [0.29, 0.717) is 19.6 Å². The Morgan fingerprint density at radius 2 is 1.90 bits per heavy atom. The Kier molecular flexibility index (Phi) is 5.31. The molecule has 0 radical (unpaired) electrons. The molecule has 0 spiro atoms. The minimum Gasteiger partial charge on any atom is -0.333 e. The van der Waals surface area contributed by atoms with Gasteiger partial charge >= 0.3 is 0 Å². The molecule has 21 heavy (non-hydrogen) atoms. The first-order valence-electron chi connectivity index (χ1n) is 6.60. The van der Waals surface area contributed by atoms with Crippen LogP contribution in [-0.4, -0.2) is 23.9 Å². The lowest BCUT2D eigenvalue weighted by Crippen LogP contribution is -2.35. The summed E-state index contributed by atoms with van der Waals surface area (Å²) in [5.41, 5.74) is 6.85. The number of hydrogen-bond donors (Lipinski definition) is 1. The highest BCUT2D eigenvalue weighted by Crippen LogP contribution is 2.20. The smallest absolute Gasteiger partial charge is 0.255 e. The largest absolute Gasteiger partial charge is 0.333 e. The first-order valence-corrected chi connectivity index (χ1v) is 6.98. The molecule has 0 unspecified atom stereocenters. The van der Waals surface area contributed by atoms with Gasteiger partial charge in [-0.15, -0.1) is 0 Å². The van der Waals surface area contributed by atoms with Gasteiger partial charge in [0.15, 0.2) is 0 Å². The van der Waals surface area contributed by atoms with Gasteiger partial charge < -0.3 is 10.6 Å². The lowest BCUT2D eigenvalue weighted by Gasteiger charge is -2.22. The number of carbonyl (C=O) groups is 1. The third-order valence-electron chi connectivity index (χ3n) is 3.06. The monoisotopic (exact) mass is 306 g/mol. The van der Waals surface area contributed by atoms with Crippen LogP contribution < -0.4 is 5.73 Å². The summed E-state index contributed by atoms with van der Waals surface area (Å²) >= 11 is 5.95. The van der Waals surface area contributed by atoms with Gasteiger partial charge in [-0.2, -0.15) is 0 Å². The van der Waals surface area contributed by atoms with Crippen LogP contribution in [-0.2, 0) is 6.54 Å². The Balaban J connectivity index is 2.23. The number of carbonyl (C=O) groups excluding carboxylic acids is 1. The molecule has 0 heterocycles. The molecule has 0 aliphatic rings. The first-order chi connectivity index (χ1) is 10.1. The van der Waals surface area contributed by atoms with Gasteiger partial charge in [0.25, 0.3) is 5.91 Å². The number of halogens is 2. The van der Waals surface area contributed by atoms with E-state index >= 15 is 0 Å². The molecule has 0 saturated carbocycles. The van der Waals surface area contributed by atoms with Crippen molar-refractivity contribution in [2.24, 2.45) is 5.73 Å². The lowest BCUT2D eigenvalue weighted by molar-refractivity contribution is 0.0748. The van der Waals surface area contributed by atoms with Gasteiger partial charge in [-0.05, 0) is 23.8 Å². The average Bonchev–Trinajstić information content (AvgIpc) is 2.47. The van der Waals surface area contributed by atoms with Gasteiger partial charge in [0.05, 0.1) is 10.6 Å². The van der Waals surface area contributed by atoms with Crippen LogP contribution in [0.15, 0.2) is 48.5 Å². The molecule has 2 aromatic rings. The van der Waals surface area contributed by atoms with Crippen LogP contribution in [0.1, 0.15) is 15.9 Å². The second-order valence-corrected chi connectivity index (χ2v) is 5.03. The van der Waals surface area contributed by atoms with Crippen molar-refractivity contribution in [2.45, 2.75) is 6.54 Å². The quantitative estimate of drug-likeness (QED) is 0.922. The molecule has 0 aromatic heterocycles. The van der Waals surface area contributed by atoms with E-state index in [1.165, 1.54) is 12.1 Å². The van der Waals surface area contributed by atoms with Crippen LogP contribution in [0.3, 0.4) is 0 Å². The summed E-state index contributed by atoms with van der Waals surface area (Å²) in [6, 6.07) is 13.4. The van der Waals surface area contributed by atoms with E-state index in [0.717, 1.165) is 11.6 Å². The summed E-state index contributed by atoms with van der Waals surface area (Å²) in [4.78, 5) is 14.1. The van der Waals surface area contributed by atoms with Crippen molar-refractivity contribution < 1.29 is 9.18 Å². The fraction of sp³-hybridized carbons (Fsp3) is 0.188. The second kappa shape index (κ2) is 7.20. The van der Waals surface area contributed by atoms with E-state index in [1.54, 1.807) is 4.90 Å². The maximum Gasteiger partial charge on any atom is 0.255 e. The van der Waals surface area contributed by atoms with Crippen molar-refractivity contribution in [2.75, 3.05) is 13.1 Å². The van der Waals surface area contributed by atoms with Gasteiger partial charge in [0.1, 0.15) is 5.82 Å². The SMILES string of the molecule is NCCN(Cc1ccccc1)C(=O)c1ccc(F)cc1Cl. The molecule has 2 N–H and O–H groups in total. The molecule has 0 fully saturated rings. The highest BCUT2D eigenvalue weighted by molar-refractivity contribution is 6.33. The molecule has 0 bridgehead atoms. The summed E-state index contributed by atoms with van der Waals surface area (Å²) in [6.45, 7) is 1.18. The molecular weight excluding hydrogens is 291 g/mol. The minimum atomic E-state index is -0.468. The molecule has 0 saturated heterocycles. The lowest BCUT2D eigenvalue weighted by atomic mass is 10.1.